The van der Waals surface area contributed by atoms with Gasteiger partial charge in [-0.3, -0.25) is 13.7 Å². The Morgan fingerprint density at radius 2 is 1.09 bits per heavy atom. The van der Waals surface area contributed by atoms with Crippen LogP contribution in [-0.2, 0) is 30.4 Å². The molecule has 0 aliphatic carbocycles. The van der Waals surface area contributed by atoms with Crippen LogP contribution in [0.2, 0.25) is 0 Å². The van der Waals surface area contributed by atoms with Crippen LogP contribution in [0.1, 0.15) is 11.1 Å². The number of fused-ring (bicyclic) bond motifs is 2. The third kappa shape index (κ3) is 6.72. The molecular weight excluding hydrogens is 647 g/mol. The number of nitrogens with two attached hydrogens (primary N) is 1. The predicted molar refractivity (Wildman–Crippen MR) is 166 cm³/mol. The van der Waals surface area contributed by atoms with E-state index in [1.165, 1.54) is 43.3 Å². The monoisotopic (exact) mass is 669 g/mol. The molecule has 0 saturated carbocycles. The smallest absolute Gasteiger partial charge is 0.295 e. The van der Waals surface area contributed by atoms with Gasteiger partial charge < -0.3 is 5.73 Å². The number of nitrogens with zero attached hydrogens (tertiary/aromatic N) is 4. The largest absolute Gasteiger partial charge is 0.399 e. The lowest BCUT2D eigenvalue weighted by Gasteiger charge is -2.10. The summed E-state index contributed by atoms with van der Waals surface area (Å²) in [6.45, 7) is 3.26. The molecule has 5 aromatic carbocycles. The van der Waals surface area contributed by atoms with Gasteiger partial charge in [-0.1, -0.05) is 6.07 Å². The van der Waals surface area contributed by atoms with E-state index in [2.05, 4.69) is 20.5 Å². The van der Waals surface area contributed by atoms with Gasteiger partial charge in [-0.2, -0.15) is 35.5 Å². The fraction of sp³-hybridized carbons (Fsp3) is 0.0714. The van der Waals surface area contributed by atoms with Gasteiger partial charge >= 0.3 is 0 Å². The molecule has 0 aliphatic rings. The first-order chi connectivity index (χ1) is 20.9. The van der Waals surface area contributed by atoms with Crippen LogP contribution in [0.15, 0.2) is 108 Å². The quantitative estimate of drug-likeness (QED) is 0.0806. The topological polar surface area (TPSA) is 239 Å². The van der Waals surface area contributed by atoms with Crippen molar-refractivity contribution in [1.29, 1.82) is 0 Å². The van der Waals surface area contributed by atoms with Gasteiger partial charge in [0.15, 0.2) is 0 Å². The summed E-state index contributed by atoms with van der Waals surface area (Å²) in [6, 6.07) is 16.2. The van der Waals surface area contributed by atoms with Crippen molar-refractivity contribution in [2.45, 2.75) is 28.5 Å². The molecule has 17 heteroatoms. The van der Waals surface area contributed by atoms with Crippen LogP contribution in [0.5, 0.6) is 0 Å². The number of hydrogen-bond donors (Lipinski definition) is 4. The predicted octanol–water partition coefficient (Wildman–Crippen LogP) is 6.76. The second-order valence-corrected chi connectivity index (χ2v) is 14.2. The van der Waals surface area contributed by atoms with Crippen molar-refractivity contribution in [2.75, 3.05) is 5.73 Å². The summed E-state index contributed by atoms with van der Waals surface area (Å²) in [6.07, 6.45) is 0. The van der Waals surface area contributed by atoms with Gasteiger partial charge in [-0.05, 0) is 91.7 Å². The Balaban J connectivity index is 1.69. The second kappa shape index (κ2) is 11.4. The van der Waals surface area contributed by atoms with Crippen molar-refractivity contribution in [3.8, 4) is 0 Å². The molecule has 0 bridgehead atoms. The lowest BCUT2D eigenvalue weighted by atomic mass is 10.1. The van der Waals surface area contributed by atoms with Crippen molar-refractivity contribution in [3.05, 3.63) is 83.9 Å². The molecule has 232 valence electrons. The van der Waals surface area contributed by atoms with Crippen molar-refractivity contribution in [2.24, 2.45) is 20.5 Å². The maximum atomic E-state index is 12.2. The number of anilines is 1. The highest BCUT2D eigenvalue weighted by Gasteiger charge is 2.22. The van der Waals surface area contributed by atoms with Gasteiger partial charge in [0.1, 0.15) is 9.79 Å². The molecule has 0 atom stereocenters. The Morgan fingerprint density at radius 1 is 0.533 bits per heavy atom. The molecular formula is C28H23N5O9S3. The van der Waals surface area contributed by atoms with Crippen LogP contribution >= 0.6 is 0 Å². The Morgan fingerprint density at radius 3 is 1.71 bits per heavy atom. The van der Waals surface area contributed by atoms with E-state index in [1.807, 2.05) is 0 Å². The summed E-state index contributed by atoms with van der Waals surface area (Å²) in [7, 11) is -14.3. The highest BCUT2D eigenvalue weighted by Crippen LogP contribution is 2.38. The minimum Gasteiger partial charge on any atom is -0.399 e. The van der Waals surface area contributed by atoms with E-state index in [-0.39, 0.29) is 33.2 Å². The molecule has 0 amide bonds. The van der Waals surface area contributed by atoms with Gasteiger partial charge in [0.2, 0.25) is 0 Å². The molecule has 0 radical (unpaired) electrons. The van der Waals surface area contributed by atoms with E-state index < -0.39 is 45.0 Å². The zero-order valence-corrected chi connectivity index (χ0v) is 25.8. The number of nitrogen functional groups attached to an aromatic ring is 1. The van der Waals surface area contributed by atoms with E-state index in [4.69, 9.17) is 5.73 Å². The lowest BCUT2D eigenvalue weighted by molar-refractivity contribution is 0.481. The molecule has 0 spiro atoms. The number of aryl methyl sites for hydroxylation is 2. The Hall–Kier alpha value is -4.65. The Bertz CT molecular complexity index is 2440. The maximum Gasteiger partial charge on any atom is 0.295 e. The first kappa shape index (κ1) is 31.8. The standard InChI is InChI=1S/C28H23N5O9S3/c1-15-9-22-23(27(10-15)44(37,38)39)12-18(13-28(22)45(40,41)42)30-32-25-7-8-26(33-31-24-6-3-17(29)11-16(24)2)21-14-19(43(34,35)36)4-5-20(21)25/h3-14H,29H2,1-2H3,(H,34,35,36)(H,37,38,39)(H,40,41,42). The number of rotatable bonds is 7. The van der Waals surface area contributed by atoms with Crippen LogP contribution in [0.3, 0.4) is 0 Å². The summed E-state index contributed by atoms with van der Waals surface area (Å²) in [5, 5.41) is 16.8. The van der Waals surface area contributed by atoms with E-state index in [9.17, 15) is 38.9 Å². The van der Waals surface area contributed by atoms with Crippen molar-refractivity contribution in [3.63, 3.8) is 0 Å². The Kier molecular flexibility index (Phi) is 8.02. The van der Waals surface area contributed by atoms with Crippen molar-refractivity contribution >= 4 is 80.3 Å². The summed E-state index contributed by atoms with van der Waals surface area (Å²) < 4.78 is 102. The Labute approximate surface area is 257 Å². The highest BCUT2D eigenvalue weighted by molar-refractivity contribution is 7.86. The summed E-state index contributed by atoms with van der Waals surface area (Å²) in [5.74, 6) is 0. The van der Waals surface area contributed by atoms with Gasteiger partial charge in [0.25, 0.3) is 30.4 Å². The molecule has 0 fully saturated rings. The molecule has 5 aromatic rings. The normalized spacial score (nSPS) is 13.0. The SMILES string of the molecule is Cc1cc(S(=O)(=O)O)c2cc(N=Nc3ccc(N=Nc4ccc(N)cc4C)c4cc(S(=O)(=O)O)ccc34)cc(S(=O)(=O)O)c2c1. The summed E-state index contributed by atoms with van der Waals surface area (Å²) >= 11 is 0. The van der Waals surface area contributed by atoms with Crippen molar-refractivity contribution < 1.29 is 38.9 Å². The average molecular weight is 670 g/mol. The van der Waals surface area contributed by atoms with Crippen LogP contribution < -0.4 is 5.73 Å². The van der Waals surface area contributed by atoms with Crippen LogP contribution in [0.25, 0.3) is 21.5 Å². The molecule has 0 unspecified atom stereocenters. The molecule has 45 heavy (non-hydrogen) atoms. The van der Waals surface area contributed by atoms with Gasteiger partial charge in [-0.25, -0.2) is 0 Å². The third-order valence-electron chi connectivity index (χ3n) is 6.68. The first-order valence-electron chi connectivity index (χ1n) is 12.7. The van der Waals surface area contributed by atoms with E-state index >= 15 is 0 Å². The van der Waals surface area contributed by atoms with Crippen LogP contribution in [0, 0.1) is 13.8 Å². The van der Waals surface area contributed by atoms with Gasteiger partial charge in [-0.15, -0.1) is 10.2 Å². The molecule has 0 aromatic heterocycles. The minimum atomic E-state index is -4.90. The molecule has 0 heterocycles. The molecule has 0 saturated heterocycles. The summed E-state index contributed by atoms with van der Waals surface area (Å²) in [5.41, 5.74) is 8.00. The zero-order chi connectivity index (χ0) is 32.9. The lowest BCUT2D eigenvalue weighted by Crippen LogP contribution is -2.03. The number of hydrogen-bond acceptors (Lipinski definition) is 11. The second-order valence-electron chi connectivity index (χ2n) is 9.98. The fourth-order valence-corrected chi connectivity index (χ4v) is 6.65. The summed E-state index contributed by atoms with van der Waals surface area (Å²) in [4.78, 5) is -1.70. The average Bonchev–Trinajstić information content (AvgIpc) is 2.93. The maximum absolute atomic E-state index is 12.2. The van der Waals surface area contributed by atoms with Gasteiger partial charge in [0.05, 0.1) is 27.6 Å². The minimum absolute atomic E-state index is 0.141. The highest BCUT2D eigenvalue weighted by atomic mass is 32.2. The molecule has 5 rings (SSSR count). The third-order valence-corrected chi connectivity index (χ3v) is 9.32. The molecule has 5 N–H and O–H groups in total. The number of benzene rings is 5. The van der Waals surface area contributed by atoms with Crippen LogP contribution in [0.4, 0.5) is 28.4 Å². The van der Waals surface area contributed by atoms with Crippen LogP contribution in [-0.4, -0.2) is 38.9 Å². The first-order valence-corrected chi connectivity index (χ1v) is 17.0. The fourth-order valence-electron chi connectivity index (χ4n) is 4.64. The number of azo groups is 2. The van der Waals surface area contributed by atoms with E-state index in [1.54, 1.807) is 25.1 Å². The zero-order valence-electron chi connectivity index (χ0n) is 23.3. The van der Waals surface area contributed by atoms with E-state index in [0.717, 1.165) is 23.8 Å². The van der Waals surface area contributed by atoms with E-state index in [0.29, 0.717) is 22.3 Å². The van der Waals surface area contributed by atoms with Gasteiger partial charge in [0, 0.05) is 27.2 Å². The van der Waals surface area contributed by atoms with Crippen molar-refractivity contribution in [1.82, 2.24) is 0 Å². The molecule has 0 aliphatic heterocycles. The molecule has 14 nitrogen and oxygen atoms in total.